The third-order valence-corrected chi connectivity index (χ3v) is 5.19. The summed E-state index contributed by atoms with van der Waals surface area (Å²) in [7, 11) is 0. The number of nitrogens with zero attached hydrogens (tertiary/aromatic N) is 4. The molecular weight excluding hydrogens is 425 g/mol. The first-order valence-electron chi connectivity index (χ1n) is 9.56. The highest BCUT2D eigenvalue weighted by molar-refractivity contribution is 5.84. The molecule has 1 aliphatic heterocycles. The summed E-state index contributed by atoms with van der Waals surface area (Å²) in [4.78, 5) is 36.3. The minimum Gasteiger partial charge on any atom is -0.479 e. The van der Waals surface area contributed by atoms with Gasteiger partial charge in [-0.25, -0.2) is 24.1 Å². The number of amides is 1. The highest BCUT2D eigenvalue weighted by atomic mass is 19.1. The van der Waals surface area contributed by atoms with E-state index in [1.807, 2.05) is 0 Å². The standard InChI is InChI=1S/C19H20FN7O5/c20-9-3-1-8(2-4-9)5-10(21)17(29)26-11-13(28)18(32-14(11)19(30)31)27-7-25-12-15(22)23-6-24-16(12)27/h1-4,6-7,10-11,13-14,18,28H,5,21H2,(H,26,29)(H,30,31)(H2,22,23,24). The van der Waals surface area contributed by atoms with E-state index in [2.05, 4.69) is 20.3 Å². The quantitative estimate of drug-likeness (QED) is 0.312. The lowest BCUT2D eigenvalue weighted by molar-refractivity contribution is -0.152. The first-order valence-corrected chi connectivity index (χ1v) is 9.56. The summed E-state index contributed by atoms with van der Waals surface area (Å²) in [5.41, 5.74) is 12.8. The van der Waals surface area contributed by atoms with E-state index in [4.69, 9.17) is 16.2 Å². The number of aliphatic carboxylic acids is 1. The number of rotatable bonds is 6. The van der Waals surface area contributed by atoms with Gasteiger partial charge in [-0.3, -0.25) is 9.36 Å². The van der Waals surface area contributed by atoms with Gasteiger partial charge in [-0.1, -0.05) is 12.1 Å². The van der Waals surface area contributed by atoms with Crippen LogP contribution in [0.2, 0.25) is 0 Å². The lowest BCUT2D eigenvalue weighted by Gasteiger charge is -2.22. The van der Waals surface area contributed by atoms with Gasteiger partial charge in [0.05, 0.1) is 18.4 Å². The largest absolute Gasteiger partial charge is 0.479 e. The van der Waals surface area contributed by atoms with Crippen molar-refractivity contribution in [2.24, 2.45) is 5.73 Å². The van der Waals surface area contributed by atoms with Crippen LogP contribution >= 0.6 is 0 Å². The topological polar surface area (TPSA) is 192 Å². The van der Waals surface area contributed by atoms with Crippen LogP contribution in [-0.2, 0) is 20.7 Å². The zero-order valence-electron chi connectivity index (χ0n) is 16.5. The van der Waals surface area contributed by atoms with Crippen molar-refractivity contribution in [2.45, 2.75) is 36.9 Å². The molecule has 2 aromatic heterocycles. The number of benzene rings is 1. The first kappa shape index (κ1) is 21.5. The molecule has 5 unspecified atom stereocenters. The first-order chi connectivity index (χ1) is 15.3. The molecule has 1 aromatic carbocycles. The van der Waals surface area contributed by atoms with Gasteiger partial charge >= 0.3 is 5.97 Å². The molecule has 0 bridgehead atoms. The van der Waals surface area contributed by atoms with Gasteiger partial charge < -0.3 is 31.7 Å². The average molecular weight is 445 g/mol. The number of anilines is 1. The van der Waals surface area contributed by atoms with Crippen LogP contribution in [0.15, 0.2) is 36.9 Å². The number of carbonyl (C=O) groups is 2. The molecule has 1 amide bonds. The van der Waals surface area contributed by atoms with Crippen molar-refractivity contribution in [1.82, 2.24) is 24.8 Å². The molecule has 0 radical (unpaired) electrons. The van der Waals surface area contributed by atoms with Crippen LogP contribution in [0.3, 0.4) is 0 Å². The van der Waals surface area contributed by atoms with Gasteiger partial charge in [-0.15, -0.1) is 0 Å². The number of nitrogen functional groups attached to an aromatic ring is 1. The zero-order valence-corrected chi connectivity index (χ0v) is 16.5. The van der Waals surface area contributed by atoms with Crippen LogP contribution in [0.4, 0.5) is 10.2 Å². The van der Waals surface area contributed by atoms with Gasteiger partial charge in [0.15, 0.2) is 23.8 Å². The summed E-state index contributed by atoms with van der Waals surface area (Å²) < 4.78 is 19.9. The van der Waals surface area contributed by atoms with Crippen LogP contribution in [0.1, 0.15) is 11.8 Å². The Morgan fingerprint density at radius 3 is 2.66 bits per heavy atom. The maximum absolute atomic E-state index is 13.1. The van der Waals surface area contributed by atoms with E-state index in [0.29, 0.717) is 5.56 Å². The summed E-state index contributed by atoms with van der Waals surface area (Å²) in [5, 5.41) is 22.8. The minimum atomic E-state index is -1.56. The van der Waals surface area contributed by atoms with Gasteiger partial charge in [-0.2, -0.15) is 0 Å². The number of hydrogen-bond acceptors (Lipinski definition) is 9. The number of imidazole rings is 1. The molecule has 3 aromatic rings. The van der Waals surface area contributed by atoms with Crippen molar-refractivity contribution >= 4 is 28.9 Å². The van der Waals surface area contributed by atoms with Crippen LogP contribution in [0.25, 0.3) is 11.2 Å². The van der Waals surface area contributed by atoms with Crippen molar-refractivity contribution in [1.29, 1.82) is 0 Å². The van der Waals surface area contributed by atoms with Gasteiger partial charge in [0.25, 0.3) is 0 Å². The predicted octanol–water partition coefficient (Wildman–Crippen LogP) is -1.05. The third-order valence-electron chi connectivity index (χ3n) is 5.19. The van der Waals surface area contributed by atoms with E-state index in [0.717, 1.165) is 0 Å². The number of hydrogen-bond donors (Lipinski definition) is 5. The Morgan fingerprint density at radius 1 is 1.25 bits per heavy atom. The Labute approximate surface area is 180 Å². The second-order valence-electron chi connectivity index (χ2n) is 7.33. The number of aromatic nitrogens is 4. The molecule has 1 saturated heterocycles. The summed E-state index contributed by atoms with van der Waals surface area (Å²) >= 11 is 0. The Kier molecular flexibility index (Phi) is 5.69. The lowest BCUT2D eigenvalue weighted by Crippen LogP contribution is -2.54. The maximum Gasteiger partial charge on any atom is 0.335 e. The summed E-state index contributed by atoms with van der Waals surface area (Å²) in [6, 6.07) is 3.09. The van der Waals surface area contributed by atoms with Gasteiger partial charge in [0, 0.05) is 0 Å². The Hall–Kier alpha value is -3.68. The van der Waals surface area contributed by atoms with Crippen molar-refractivity contribution < 1.29 is 28.9 Å². The lowest BCUT2D eigenvalue weighted by atomic mass is 10.0. The molecule has 1 fully saturated rings. The molecule has 0 saturated carbocycles. The summed E-state index contributed by atoms with van der Waals surface area (Å²) in [5.74, 6) is -2.40. The predicted molar refractivity (Wildman–Crippen MR) is 107 cm³/mol. The molecule has 0 aliphatic carbocycles. The number of carbonyl (C=O) groups excluding carboxylic acids is 1. The average Bonchev–Trinajstić information content (AvgIpc) is 3.32. The molecule has 168 valence electrons. The highest BCUT2D eigenvalue weighted by Gasteiger charge is 2.49. The number of aliphatic hydroxyl groups excluding tert-OH is 1. The van der Waals surface area contributed by atoms with Crippen LogP contribution in [-0.4, -0.2) is 65.9 Å². The fourth-order valence-corrected chi connectivity index (χ4v) is 3.57. The van der Waals surface area contributed by atoms with E-state index in [-0.39, 0.29) is 23.4 Å². The van der Waals surface area contributed by atoms with Gasteiger partial charge in [0.1, 0.15) is 23.8 Å². The van der Waals surface area contributed by atoms with E-state index in [9.17, 15) is 24.2 Å². The van der Waals surface area contributed by atoms with Crippen molar-refractivity contribution in [3.63, 3.8) is 0 Å². The number of halogens is 1. The maximum atomic E-state index is 13.1. The SMILES string of the molecule is Nc1ncnc2c1ncn2C1OC(C(=O)O)C(NC(=O)C(N)Cc2ccc(F)cc2)C1O. The number of carboxylic acids is 1. The van der Waals surface area contributed by atoms with E-state index < -0.39 is 48.2 Å². The smallest absolute Gasteiger partial charge is 0.335 e. The Balaban J connectivity index is 1.53. The van der Waals surface area contributed by atoms with Gasteiger partial charge in [0.2, 0.25) is 5.91 Å². The van der Waals surface area contributed by atoms with Crippen molar-refractivity contribution in [3.05, 3.63) is 48.3 Å². The number of nitrogens with two attached hydrogens (primary N) is 2. The third kappa shape index (κ3) is 3.95. The van der Waals surface area contributed by atoms with Crippen molar-refractivity contribution in [3.8, 4) is 0 Å². The molecule has 1 aliphatic rings. The molecule has 4 rings (SSSR count). The number of nitrogens with one attached hydrogen (secondary N) is 1. The molecule has 7 N–H and O–H groups in total. The molecule has 13 heteroatoms. The van der Waals surface area contributed by atoms with Crippen LogP contribution in [0.5, 0.6) is 0 Å². The number of aliphatic hydroxyl groups is 1. The minimum absolute atomic E-state index is 0.0826. The fourth-order valence-electron chi connectivity index (χ4n) is 3.57. The van der Waals surface area contributed by atoms with E-state index >= 15 is 0 Å². The number of carboxylic acid groups (broad SMARTS) is 1. The second kappa shape index (κ2) is 8.45. The number of ether oxygens (including phenoxy) is 1. The Morgan fingerprint density at radius 2 is 1.97 bits per heavy atom. The van der Waals surface area contributed by atoms with Gasteiger partial charge in [-0.05, 0) is 24.1 Å². The Bertz CT molecular complexity index is 1150. The molecular formula is C19H20FN7O5. The number of fused-ring (bicyclic) bond motifs is 1. The monoisotopic (exact) mass is 445 g/mol. The summed E-state index contributed by atoms with van der Waals surface area (Å²) in [6.07, 6.45) is -1.68. The van der Waals surface area contributed by atoms with Crippen molar-refractivity contribution in [2.75, 3.05) is 5.73 Å². The molecule has 3 heterocycles. The molecule has 12 nitrogen and oxygen atoms in total. The fraction of sp³-hybridized carbons (Fsp3) is 0.316. The van der Waals surface area contributed by atoms with E-state index in [1.165, 1.54) is 41.5 Å². The molecule has 32 heavy (non-hydrogen) atoms. The molecule has 0 spiro atoms. The highest BCUT2D eigenvalue weighted by Crippen LogP contribution is 2.32. The second-order valence-corrected chi connectivity index (χ2v) is 7.33. The van der Waals surface area contributed by atoms with Crippen LogP contribution in [0, 0.1) is 5.82 Å². The normalized spacial score (nSPS) is 23.8. The molecule has 5 atom stereocenters. The van der Waals surface area contributed by atoms with E-state index in [1.54, 1.807) is 0 Å². The van der Waals surface area contributed by atoms with Crippen LogP contribution < -0.4 is 16.8 Å². The summed E-state index contributed by atoms with van der Waals surface area (Å²) in [6.45, 7) is 0. The zero-order chi connectivity index (χ0) is 23.0.